The van der Waals surface area contributed by atoms with Crippen LogP contribution in [0.1, 0.15) is 18.3 Å². The maximum atomic E-state index is 12.8. The van der Waals surface area contributed by atoms with Crippen molar-refractivity contribution in [2.45, 2.75) is 33.5 Å². The molecule has 0 fully saturated rings. The molecular weight excluding hydrogens is 372 g/mol. The normalized spacial score (nSPS) is 11.2. The molecule has 28 heavy (non-hydrogen) atoms. The summed E-state index contributed by atoms with van der Waals surface area (Å²) in [5, 5.41) is 11.9. The van der Waals surface area contributed by atoms with Gasteiger partial charge in [-0.15, -0.1) is 11.3 Å². The Morgan fingerprint density at radius 1 is 1.21 bits per heavy atom. The highest BCUT2D eigenvalue weighted by molar-refractivity contribution is 7.13. The monoisotopic (exact) mass is 394 g/mol. The van der Waals surface area contributed by atoms with Crippen LogP contribution in [0.3, 0.4) is 0 Å². The minimum atomic E-state index is -0.0171. The van der Waals surface area contributed by atoms with Gasteiger partial charge in [0, 0.05) is 36.4 Å². The van der Waals surface area contributed by atoms with Crippen LogP contribution in [0.15, 0.2) is 42.0 Å². The summed E-state index contributed by atoms with van der Waals surface area (Å²) in [6.07, 6.45) is 3.54. The molecule has 0 aromatic carbocycles. The van der Waals surface area contributed by atoms with Crippen LogP contribution < -0.4 is 0 Å². The third kappa shape index (κ3) is 3.31. The lowest BCUT2D eigenvalue weighted by Crippen LogP contribution is -2.31. The number of carbonyl (C=O) groups excluding carboxylic acids is 1. The molecule has 8 heteroatoms. The Kier molecular flexibility index (Phi) is 4.95. The van der Waals surface area contributed by atoms with Gasteiger partial charge in [0.15, 0.2) is 5.65 Å². The molecule has 0 aliphatic carbocycles. The van der Waals surface area contributed by atoms with E-state index in [1.807, 2.05) is 36.7 Å². The number of aromatic nitrogens is 5. The lowest BCUT2D eigenvalue weighted by molar-refractivity contribution is -0.131. The first kappa shape index (κ1) is 18.4. The number of carbonyl (C=O) groups is 1. The van der Waals surface area contributed by atoms with Crippen LogP contribution in [0.25, 0.3) is 21.5 Å². The Balaban J connectivity index is 1.60. The van der Waals surface area contributed by atoms with Crippen LogP contribution >= 0.6 is 11.3 Å². The van der Waals surface area contributed by atoms with Gasteiger partial charge in [0.1, 0.15) is 6.54 Å². The fourth-order valence-corrected chi connectivity index (χ4v) is 4.15. The Morgan fingerprint density at radius 2 is 2.07 bits per heavy atom. The molecule has 0 atom stereocenters. The largest absolute Gasteiger partial charge is 0.338 e. The van der Waals surface area contributed by atoms with E-state index >= 15 is 0 Å². The van der Waals surface area contributed by atoms with Crippen molar-refractivity contribution in [1.82, 2.24) is 29.4 Å². The number of nitrogens with zero attached hydrogens (tertiary/aromatic N) is 6. The van der Waals surface area contributed by atoms with Crippen LogP contribution in [-0.2, 0) is 24.4 Å². The number of hydrogen-bond donors (Lipinski definition) is 0. The summed E-state index contributed by atoms with van der Waals surface area (Å²) in [4.78, 5) is 20.2. The fraction of sp³-hybridized carbons (Fsp3) is 0.300. The van der Waals surface area contributed by atoms with Crippen molar-refractivity contribution in [2.24, 2.45) is 0 Å². The number of hydrogen-bond acceptors (Lipinski definition) is 5. The number of fused-ring (bicyclic) bond motifs is 1. The van der Waals surface area contributed by atoms with Gasteiger partial charge >= 0.3 is 0 Å². The van der Waals surface area contributed by atoms with Crippen LogP contribution in [-0.4, -0.2) is 42.4 Å². The van der Waals surface area contributed by atoms with Crippen molar-refractivity contribution < 1.29 is 4.79 Å². The number of thiophene rings is 1. The van der Waals surface area contributed by atoms with Gasteiger partial charge < -0.3 is 4.90 Å². The van der Waals surface area contributed by atoms with E-state index in [0.29, 0.717) is 6.54 Å². The Labute approximate surface area is 167 Å². The first-order valence-electron chi connectivity index (χ1n) is 9.19. The zero-order valence-electron chi connectivity index (χ0n) is 16.2. The highest BCUT2D eigenvalue weighted by atomic mass is 32.1. The smallest absolute Gasteiger partial charge is 0.244 e. The summed E-state index contributed by atoms with van der Waals surface area (Å²) in [6, 6.07) is 8.07. The van der Waals surface area contributed by atoms with Crippen molar-refractivity contribution in [3.8, 4) is 10.4 Å². The van der Waals surface area contributed by atoms with Crippen molar-refractivity contribution in [1.29, 1.82) is 0 Å². The number of amides is 1. The standard InChI is InChI=1S/C20H22N6OS/c1-4-25-15(7-10-22-25)12-24(3)18(27)13-26-20-19(14(2)23-26)16(8-9-21-20)17-6-5-11-28-17/h5-11H,4,12-13H2,1-3H3. The van der Waals surface area contributed by atoms with Gasteiger partial charge in [-0.2, -0.15) is 10.2 Å². The molecule has 0 spiro atoms. The maximum absolute atomic E-state index is 12.8. The Morgan fingerprint density at radius 3 is 2.82 bits per heavy atom. The molecule has 0 aliphatic rings. The molecule has 1 amide bonds. The van der Waals surface area contributed by atoms with Crippen molar-refractivity contribution in [3.05, 3.63) is 53.4 Å². The molecule has 4 aromatic heterocycles. The maximum Gasteiger partial charge on any atom is 0.244 e. The third-order valence-electron chi connectivity index (χ3n) is 4.81. The summed E-state index contributed by atoms with van der Waals surface area (Å²) in [6.45, 7) is 5.45. The number of pyridine rings is 1. The molecule has 0 saturated heterocycles. The lowest BCUT2D eigenvalue weighted by Gasteiger charge is -2.18. The molecule has 0 saturated carbocycles. The van der Waals surface area contributed by atoms with Gasteiger partial charge in [-0.25, -0.2) is 9.67 Å². The molecule has 0 bridgehead atoms. The number of likely N-dealkylation sites (N-methyl/N-ethyl adjacent to an activating group) is 1. The van der Waals surface area contributed by atoms with Crippen molar-refractivity contribution in [2.75, 3.05) is 7.05 Å². The molecule has 0 radical (unpaired) electrons. The van der Waals surface area contributed by atoms with Gasteiger partial charge in [0.2, 0.25) is 5.91 Å². The quantitative estimate of drug-likeness (QED) is 0.503. The third-order valence-corrected chi connectivity index (χ3v) is 5.71. The summed E-state index contributed by atoms with van der Waals surface area (Å²) < 4.78 is 3.60. The second kappa shape index (κ2) is 7.55. The van der Waals surface area contributed by atoms with E-state index in [0.717, 1.165) is 34.5 Å². The summed E-state index contributed by atoms with van der Waals surface area (Å²) in [5.74, 6) is -0.0171. The van der Waals surface area contributed by atoms with Crippen LogP contribution in [0.5, 0.6) is 0 Å². The van der Waals surface area contributed by atoms with E-state index < -0.39 is 0 Å². The molecule has 0 N–H and O–H groups in total. The minimum Gasteiger partial charge on any atom is -0.338 e. The fourth-order valence-electron chi connectivity index (χ4n) is 3.39. The van der Waals surface area contributed by atoms with Crippen LogP contribution in [0.4, 0.5) is 0 Å². The highest BCUT2D eigenvalue weighted by Crippen LogP contribution is 2.32. The molecule has 4 aromatic rings. The first-order chi connectivity index (χ1) is 13.6. The van der Waals surface area contributed by atoms with Gasteiger partial charge in [0.05, 0.1) is 23.3 Å². The predicted molar refractivity (Wildman–Crippen MR) is 110 cm³/mol. The van der Waals surface area contributed by atoms with E-state index in [-0.39, 0.29) is 12.5 Å². The van der Waals surface area contributed by atoms with E-state index in [2.05, 4.69) is 26.6 Å². The Hall–Kier alpha value is -3.00. The number of rotatable bonds is 6. The Bertz CT molecular complexity index is 1110. The predicted octanol–water partition coefficient (Wildman–Crippen LogP) is 3.34. The average molecular weight is 395 g/mol. The summed E-state index contributed by atoms with van der Waals surface area (Å²) in [7, 11) is 1.80. The second-order valence-electron chi connectivity index (χ2n) is 6.67. The zero-order valence-corrected chi connectivity index (χ0v) is 17.0. The van der Waals surface area contributed by atoms with Crippen molar-refractivity contribution in [3.63, 3.8) is 0 Å². The SMILES string of the molecule is CCn1nccc1CN(C)C(=O)Cn1nc(C)c2c(-c3cccs3)ccnc21. The van der Waals surface area contributed by atoms with Gasteiger partial charge in [0.25, 0.3) is 0 Å². The van der Waals surface area contributed by atoms with E-state index in [4.69, 9.17) is 0 Å². The molecule has 144 valence electrons. The van der Waals surface area contributed by atoms with Crippen LogP contribution in [0, 0.1) is 6.92 Å². The molecular formula is C20H22N6OS. The first-order valence-corrected chi connectivity index (χ1v) is 10.1. The van der Waals surface area contributed by atoms with Gasteiger partial charge in [-0.1, -0.05) is 6.07 Å². The molecule has 7 nitrogen and oxygen atoms in total. The zero-order chi connectivity index (χ0) is 19.7. The minimum absolute atomic E-state index is 0.0171. The van der Waals surface area contributed by atoms with E-state index in [9.17, 15) is 4.79 Å². The second-order valence-corrected chi connectivity index (χ2v) is 7.61. The molecule has 0 unspecified atom stereocenters. The highest BCUT2D eigenvalue weighted by Gasteiger charge is 2.18. The molecule has 0 aliphatic heterocycles. The summed E-state index contributed by atoms with van der Waals surface area (Å²) in [5.41, 5.74) is 3.74. The van der Waals surface area contributed by atoms with E-state index in [1.165, 1.54) is 4.88 Å². The van der Waals surface area contributed by atoms with E-state index in [1.54, 1.807) is 40.4 Å². The number of aryl methyl sites for hydroxylation is 2. The van der Waals surface area contributed by atoms with Crippen LogP contribution in [0.2, 0.25) is 0 Å². The topological polar surface area (TPSA) is 68.8 Å². The molecule has 4 heterocycles. The lowest BCUT2D eigenvalue weighted by atomic mass is 10.1. The van der Waals surface area contributed by atoms with Crippen molar-refractivity contribution >= 4 is 28.3 Å². The molecule has 4 rings (SSSR count). The summed E-state index contributed by atoms with van der Waals surface area (Å²) >= 11 is 1.68. The van der Waals surface area contributed by atoms with Gasteiger partial charge in [-0.05, 0) is 37.4 Å². The average Bonchev–Trinajstić information content (AvgIpc) is 3.43. The van der Waals surface area contributed by atoms with Gasteiger partial charge in [-0.3, -0.25) is 9.48 Å².